The number of thioether (sulfide) groups is 1. The fourth-order valence-corrected chi connectivity index (χ4v) is 3.63. The minimum absolute atomic E-state index is 0.0588. The first kappa shape index (κ1) is 19.3. The molecule has 1 heterocycles. The second-order valence-corrected chi connectivity index (χ2v) is 6.77. The smallest absolute Gasteiger partial charge is 0.335 e. The predicted octanol–water partition coefficient (Wildman–Crippen LogP) is 3.92. The molecule has 0 unspecified atom stereocenters. The monoisotopic (exact) mass is 397 g/mol. The number of nitro groups is 1. The number of amides is 1. The van der Waals surface area contributed by atoms with Crippen LogP contribution in [0.25, 0.3) is 6.08 Å². The number of amidine groups is 1. The Morgan fingerprint density at radius 3 is 2.71 bits per heavy atom. The van der Waals surface area contributed by atoms with Crippen molar-refractivity contribution in [2.24, 2.45) is 4.99 Å². The molecule has 0 atom stereocenters. The lowest BCUT2D eigenvalue weighted by Crippen LogP contribution is -2.28. The lowest BCUT2D eigenvalue weighted by molar-refractivity contribution is -0.384. The van der Waals surface area contributed by atoms with Crippen molar-refractivity contribution in [2.45, 2.75) is 6.92 Å². The number of carbonyl (C=O) groups excluding carboxylic acids is 1. The Labute approximate surface area is 164 Å². The van der Waals surface area contributed by atoms with Crippen LogP contribution in [0.5, 0.6) is 0 Å². The van der Waals surface area contributed by atoms with Gasteiger partial charge in [0.15, 0.2) is 5.17 Å². The zero-order valence-electron chi connectivity index (χ0n) is 14.7. The molecule has 1 aliphatic heterocycles. The molecule has 2 aromatic rings. The van der Waals surface area contributed by atoms with Gasteiger partial charge in [-0.3, -0.25) is 19.8 Å². The van der Waals surface area contributed by atoms with E-state index in [1.165, 1.54) is 29.2 Å². The van der Waals surface area contributed by atoms with Crippen LogP contribution in [0.1, 0.15) is 22.8 Å². The fraction of sp³-hybridized carbons (Fsp3) is 0.105. The largest absolute Gasteiger partial charge is 0.478 e. The molecule has 0 aromatic heterocycles. The Kier molecular flexibility index (Phi) is 5.55. The highest BCUT2D eigenvalue weighted by molar-refractivity contribution is 8.18. The molecular weight excluding hydrogens is 382 g/mol. The Morgan fingerprint density at radius 2 is 2.04 bits per heavy atom. The van der Waals surface area contributed by atoms with E-state index in [1.807, 2.05) is 0 Å². The van der Waals surface area contributed by atoms with Crippen LogP contribution in [0.3, 0.4) is 0 Å². The summed E-state index contributed by atoms with van der Waals surface area (Å²) in [5, 5.41) is 20.5. The van der Waals surface area contributed by atoms with Gasteiger partial charge in [-0.25, -0.2) is 9.79 Å². The first-order valence-corrected chi connectivity index (χ1v) is 9.08. The molecule has 28 heavy (non-hydrogen) atoms. The average Bonchev–Trinajstić information content (AvgIpc) is 2.96. The van der Waals surface area contributed by atoms with Gasteiger partial charge in [-0.05, 0) is 48.5 Å². The van der Waals surface area contributed by atoms with Crippen molar-refractivity contribution in [3.8, 4) is 0 Å². The maximum absolute atomic E-state index is 12.7. The third-order valence-electron chi connectivity index (χ3n) is 3.90. The minimum Gasteiger partial charge on any atom is -0.478 e. The molecule has 1 amide bonds. The zero-order chi connectivity index (χ0) is 20.3. The summed E-state index contributed by atoms with van der Waals surface area (Å²) in [6.07, 6.45) is 1.58. The molecule has 1 fully saturated rings. The number of aromatic carboxylic acids is 1. The maximum atomic E-state index is 12.7. The highest BCUT2D eigenvalue weighted by Gasteiger charge is 2.32. The van der Waals surface area contributed by atoms with Gasteiger partial charge in [0.05, 0.1) is 21.1 Å². The van der Waals surface area contributed by atoms with Gasteiger partial charge >= 0.3 is 5.97 Å². The molecule has 1 N–H and O–H groups in total. The van der Waals surface area contributed by atoms with Crippen LogP contribution < -0.4 is 0 Å². The van der Waals surface area contributed by atoms with Gasteiger partial charge in [-0.1, -0.05) is 18.2 Å². The number of benzene rings is 2. The number of carboxylic acid groups (broad SMARTS) is 1. The van der Waals surface area contributed by atoms with E-state index in [-0.39, 0.29) is 17.2 Å². The van der Waals surface area contributed by atoms with Gasteiger partial charge in [0.25, 0.3) is 11.6 Å². The lowest BCUT2D eigenvalue weighted by Gasteiger charge is -2.12. The van der Waals surface area contributed by atoms with Crippen LogP contribution in [0.4, 0.5) is 11.4 Å². The van der Waals surface area contributed by atoms with Gasteiger partial charge in [0.1, 0.15) is 0 Å². The Balaban J connectivity index is 1.94. The maximum Gasteiger partial charge on any atom is 0.335 e. The molecule has 2 aromatic carbocycles. The summed E-state index contributed by atoms with van der Waals surface area (Å²) in [6.45, 7) is 2.19. The molecule has 142 valence electrons. The molecule has 0 radical (unpaired) electrons. The number of hydrogen-bond acceptors (Lipinski definition) is 6. The number of carbonyl (C=O) groups is 2. The molecular formula is C19H15N3O5S. The number of carboxylic acids is 1. The Morgan fingerprint density at radius 1 is 1.29 bits per heavy atom. The predicted molar refractivity (Wildman–Crippen MR) is 107 cm³/mol. The van der Waals surface area contributed by atoms with Crippen molar-refractivity contribution in [3.05, 3.63) is 74.7 Å². The van der Waals surface area contributed by atoms with Gasteiger partial charge in [0.2, 0.25) is 0 Å². The second-order valence-electron chi connectivity index (χ2n) is 5.76. The highest BCUT2D eigenvalue weighted by atomic mass is 32.2. The van der Waals surface area contributed by atoms with Gasteiger partial charge in [0, 0.05) is 18.7 Å². The second kappa shape index (κ2) is 8.05. The van der Waals surface area contributed by atoms with Crippen LogP contribution in [-0.2, 0) is 4.79 Å². The summed E-state index contributed by atoms with van der Waals surface area (Å²) < 4.78 is 0. The van der Waals surface area contributed by atoms with Crippen molar-refractivity contribution in [3.63, 3.8) is 0 Å². The zero-order valence-corrected chi connectivity index (χ0v) is 15.5. The van der Waals surface area contributed by atoms with Crippen molar-refractivity contribution < 1.29 is 19.6 Å². The summed E-state index contributed by atoms with van der Waals surface area (Å²) >= 11 is 1.14. The molecule has 0 aliphatic carbocycles. The number of rotatable bonds is 5. The van der Waals surface area contributed by atoms with Crippen LogP contribution in [0, 0.1) is 10.1 Å². The summed E-state index contributed by atoms with van der Waals surface area (Å²) in [5.41, 5.74) is 1.00. The Bertz CT molecular complexity index is 1030. The standard InChI is InChI=1S/C19H15N3O5S/c1-2-21-17(23)16(10-12-5-3-8-15(9-12)22(26)27)28-19(21)20-14-7-4-6-13(11-14)18(24)25/h3-11H,2H2,1H3,(H,24,25)/b16-10-,20-19?. The van der Waals surface area contributed by atoms with E-state index in [4.69, 9.17) is 5.11 Å². The van der Waals surface area contributed by atoms with E-state index in [9.17, 15) is 19.7 Å². The summed E-state index contributed by atoms with van der Waals surface area (Å²) in [4.78, 5) is 40.5. The topological polar surface area (TPSA) is 113 Å². The highest BCUT2D eigenvalue weighted by Crippen LogP contribution is 2.34. The van der Waals surface area contributed by atoms with Crippen LogP contribution >= 0.6 is 11.8 Å². The van der Waals surface area contributed by atoms with E-state index in [1.54, 1.807) is 37.3 Å². The summed E-state index contributed by atoms with van der Waals surface area (Å²) in [7, 11) is 0. The van der Waals surface area contributed by atoms with Crippen molar-refractivity contribution in [2.75, 3.05) is 6.54 Å². The molecule has 0 saturated carbocycles. The van der Waals surface area contributed by atoms with E-state index < -0.39 is 10.9 Å². The number of nitro benzene ring substituents is 1. The third-order valence-corrected chi connectivity index (χ3v) is 4.91. The van der Waals surface area contributed by atoms with E-state index in [0.717, 1.165) is 11.8 Å². The minimum atomic E-state index is -1.06. The molecule has 9 heteroatoms. The normalized spacial score (nSPS) is 16.8. The number of aliphatic imine (C=N–C) groups is 1. The van der Waals surface area contributed by atoms with Gasteiger partial charge < -0.3 is 5.11 Å². The third kappa shape index (κ3) is 4.09. The first-order chi connectivity index (χ1) is 13.4. The number of likely N-dealkylation sites (N-methyl/N-ethyl adjacent to an activating group) is 1. The summed E-state index contributed by atoms with van der Waals surface area (Å²) in [5.74, 6) is -1.32. The molecule has 1 saturated heterocycles. The Hall–Kier alpha value is -3.46. The van der Waals surface area contributed by atoms with Crippen molar-refractivity contribution in [1.29, 1.82) is 0 Å². The number of nitrogens with zero attached hydrogens (tertiary/aromatic N) is 3. The molecule has 1 aliphatic rings. The average molecular weight is 397 g/mol. The van der Waals surface area contributed by atoms with E-state index in [2.05, 4.69) is 4.99 Å². The molecule has 0 bridgehead atoms. The van der Waals surface area contributed by atoms with Gasteiger partial charge in [-0.15, -0.1) is 0 Å². The molecule has 3 rings (SSSR count). The van der Waals surface area contributed by atoms with Crippen LogP contribution in [0.15, 0.2) is 58.4 Å². The van der Waals surface area contributed by atoms with Crippen molar-refractivity contribution in [1.82, 2.24) is 4.90 Å². The number of non-ortho nitro benzene ring substituents is 1. The molecule has 0 spiro atoms. The lowest BCUT2D eigenvalue weighted by atomic mass is 10.2. The number of hydrogen-bond donors (Lipinski definition) is 1. The first-order valence-electron chi connectivity index (χ1n) is 8.27. The van der Waals surface area contributed by atoms with Crippen molar-refractivity contribution >= 4 is 46.3 Å². The molecule has 8 nitrogen and oxygen atoms in total. The quantitative estimate of drug-likeness (QED) is 0.465. The van der Waals surface area contributed by atoms with Crippen LogP contribution in [-0.4, -0.2) is 38.5 Å². The van der Waals surface area contributed by atoms with E-state index >= 15 is 0 Å². The van der Waals surface area contributed by atoms with E-state index in [0.29, 0.717) is 27.9 Å². The summed E-state index contributed by atoms with van der Waals surface area (Å²) in [6, 6.07) is 12.1. The van der Waals surface area contributed by atoms with Gasteiger partial charge in [-0.2, -0.15) is 0 Å². The SMILES string of the molecule is CCN1C(=O)/C(=C/c2cccc([N+](=O)[O-])c2)SC1=Nc1cccc(C(=O)O)c1. The fourth-order valence-electron chi connectivity index (χ4n) is 2.57. The van der Waals surface area contributed by atoms with Crippen LogP contribution in [0.2, 0.25) is 0 Å².